The fraction of sp³-hybridized carbons (Fsp3) is 0.500. The van der Waals surface area contributed by atoms with E-state index in [1.54, 1.807) is 18.2 Å². The maximum absolute atomic E-state index is 12.9. The number of sulfonamides is 1. The zero-order chi connectivity index (χ0) is 22.3. The zero-order valence-corrected chi connectivity index (χ0v) is 18.5. The fourth-order valence-corrected chi connectivity index (χ4v) is 6.12. The van der Waals surface area contributed by atoms with Crippen LogP contribution < -0.4 is 11.1 Å². The van der Waals surface area contributed by atoms with Gasteiger partial charge in [0, 0.05) is 30.0 Å². The Bertz CT molecular complexity index is 1260. The Kier molecular flexibility index (Phi) is 5.29. The van der Waals surface area contributed by atoms with E-state index < -0.39 is 21.3 Å². The number of aromatic amines is 1. The van der Waals surface area contributed by atoms with Gasteiger partial charge < -0.3 is 9.73 Å². The lowest BCUT2D eigenvalue weighted by Gasteiger charge is -2.34. The Morgan fingerprint density at radius 2 is 1.88 bits per heavy atom. The SMILES string of the molecule is O=C1NC(C2CCCCC2)=NC12CCN(S(=O)(=O)C=Cc1cccc3[nH]c(=O)oc13)CC2. The predicted molar refractivity (Wildman–Crippen MR) is 120 cm³/mol. The number of rotatable bonds is 4. The molecule has 1 aromatic heterocycles. The van der Waals surface area contributed by atoms with Crippen LogP contribution in [0.3, 0.4) is 0 Å². The van der Waals surface area contributed by atoms with Gasteiger partial charge in [-0.2, -0.15) is 4.31 Å². The van der Waals surface area contributed by atoms with Crippen LogP contribution in [0, 0.1) is 5.92 Å². The van der Waals surface area contributed by atoms with Crippen LogP contribution in [0.5, 0.6) is 0 Å². The molecule has 10 heteroatoms. The van der Waals surface area contributed by atoms with Crippen molar-refractivity contribution in [1.29, 1.82) is 0 Å². The number of H-pyrrole nitrogens is 1. The van der Waals surface area contributed by atoms with Crippen LogP contribution in [0.1, 0.15) is 50.5 Å². The molecule has 2 aromatic rings. The molecular formula is C22H26N4O5S. The lowest BCUT2D eigenvalue weighted by Crippen LogP contribution is -2.50. The van der Waals surface area contributed by atoms with Gasteiger partial charge in [0.2, 0.25) is 10.0 Å². The van der Waals surface area contributed by atoms with Gasteiger partial charge in [0.05, 0.1) is 5.52 Å². The Morgan fingerprint density at radius 1 is 1.12 bits per heavy atom. The highest BCUT2D eigenvalue weighted by Gasteiger charge is 2.48. The Morgan fingerprint density at radius 3 is 2.62 bits per heavy atom. The summed E-state index contributed by atoms with van der Waals surface area (Å²) in [6, 6.07) is 5.08. The van der Waals surface area contributed by atoms with Gasteiger partial charge in [-0.05, 0) is 37.8 Å². The summed E-state index contributed by atoms with van der Waals surface area (Å²) in [5, 5.41) is 4.12. The van der Waals surface area contributed by atoms with Gasteiger partial charge in [-0.25, -0.2) is 13.2 Å². The lowest BCUT2D eigenvalue weighted by molar-refractivity contribution is -0.124. The standard InChI is InChI=1S/C22H26N4O5S/c27-20-22(25-19(24-20)16-5-2-1-3-6-16)10-12-26(13-11-22)32(29,30)14-9-15-7-4-8-17-18(15)31-21(28)23-17/h4,7-9,14,16H,1-3,5-6,10-13H2,(H,23,28)(H,24,25,27). The van der Waals surface area contributed by atoms with Crippen molar-refractivity contribution in [2.45, 2.75) is 50.5 Å². The number of nitrogens with zero attached hydrogens (tertiary/aromatic N) is 2. The summed E-state index contributed by atoms with van der Waals surface area (Å²) >= 11 is 0. The number of amidine groups is 1. The lowest BCUT2D eigenvalue weighted by atomic mass is 9.88. The molecular weight excluding hydrogens is 432 g/mol. The molecule has 1 spiro atoms. The number of hydrogen-bond acceptors (Lipinski definition) is 6. The van der Waals surface area contributed by atoms with Gasteiger partial charge >= 0.3 is 5.76 Å². The van der Waals surface area contributed by atoms with E-state index in [0.717, 1.165) is 36.9 Å². The van der Waals surface area contributed by atoms with E-state index in [1.165, 1.54) is 16.8 Å². The van der Waals surface area contributed by atoms with E-state index in [-0.39, 0.29) is 19.0 Å². The van der Waals surface area contributed by atoms with Gasteiger partial charge in [0.25, 0.3) is 5.91 Å². The van der Waals surface area contributed by atoms with Crippen molar-refractivity contribution in [2.24, 2.45) is 10.9 Å². The van der Waals surface area contributed by atoms with Crippen molar-refractivity contribution < 1.29 is 17.6 Å². The Balaban J connectivity index is 1.30. The maximum Gasteiger partial charge on any atom is 0.417 e. The first-order chi connectivity index (χ1) is 15.4. The average Bonchev–Trinajstić information content (AvgIpc) is 3.33. The van der Waals surface area contributed by atoms with Crippen LogP contribution in [-0.4, -0.2) is 48.1 Å². The maximum atomic E-state index is 12.9. The number of fused-ring (bicyclic) bond motifs is 1. The van der Waals surface area contributed by atoms with Crippen molar-refractivity contribution >= 4 is 38.9 Å². The zero-order valence-electron chi connectivity index (χ0n) is 17.7. The molecule has 0 unspecified atom stereocenters. The van der Waals surface area contributed by atoms with Gasteiger partial charge in [-0.3, -0.25) is 14.8 Å². The first kappa shape index (κ1) is 21.1. The van der Waals surface area contributed by atoms with Crippen molar-refractivity contribution in [3.8, 4) is 0 Å². The molecule has 170 valence electrons. The minimum atomic E-state index is -3.70. The molecule has 1 amide bonds. The molecule has 32 heavy (non-hydrogen) atoms. The van der Waals surface area contributed by atoms with Crippen molar-refractivity contribution in [3.63, 3.8) is 0 Å². The highest BCUT2D eigenvalue weighted by atomic mass is 32.2. The smallest absolute Gasteiger partial charge is 0.407 e. The summed E-state index contributed by atoms with van der Waals surface area (Å²) in [7, 11) is -3.70. The summed E-state index contributed by atoms with van der Waals surface area (Å²) in [5.41, 5.74) is 0.472. The third-order valence-electron chi connectivity index (χ3n) is 6.80. The molecule has 1 saturated heterocycles. The number of para-hydroxylation sites is 1. The number of piperidine rings is 1. The van der Waals surface area contributed by atoms with Crippen LogP contribution in [0.25, 0.3) is 17.2 Å². The number of amides is 1. The molecule has 3 aliphatic rings. The third-order valence-corrected chi connectivity index (χ3v) is 8.36. The fourth-order valence-electron chi connectivity index (χ4n) is 4.93. The second kappa shape index (κ2) is 8.00. The summed E-state index contributed by atoms with van der Waals surface area (Å²) < 4.78 is 32.3. The van der Waals surface area contributed by atoms with Gasteiger partial charge in [-0.15, -0.1) is 0 Å². The van der Waals surface area contributed by atoms with Gasteiger partial charge in [-0.1, -0.05) is 31.4 Å². The second-order valence-corrected chi connectivity index (χ2v) is 10.6. The number of carbonyl (C=O) groups is 1. The van der Waals surface area contributed by atoms with Crippen molar-refractivity contribution in [2.75, 3.05) is 13.1 Å². The molecule has 2 aliphatic heterocycles. The van der Waals surface area contributed by atoms with Crippen molar-refractivity contribution in [3.05, 3.63) is 39.7 Å². The molecule has 1 aliphatic carbocycles. The number of hydrogen-bond donors (Lipinski definition) is 2. The minimum Gasteiger partial charge on any atom is -0.407 e. The van der Waals surface area contributed by atoms with E-state index in [9.17, 15) is 18.0 Å². The van der Waals surface area contributed by atoms with E-state index in [0.29, 0.717) is 35.4 Å². The number of nitrogens with one attached hydrogen (secondary N) is 2. The molecule has 0 bridgehead atoms. The quantitative estimate of drug-likeness (QED) is 0.728. The van der Waals surface area contributed by atoms with E-state index in [1.807, 2.05) is 0 Å². The molecule has 2 fully saturated rings. The predicted octanol–water partition coefficient (Wildman–Crippen LogP) is 2.36. The second-order valence-electron chi connectivity index (χ2n) is 8.80. The summed E-state index contributed by atoms with van der Waals surface area (Å²) in [6.07, 6.45) is 7.81. The van der Waals surface area contributed by atoms with E-state index in [4.69, 9.17) is 9.41 Å². The molecule has 0 radical (unpaired) electrons. The number of benzene rings is 1. The normalized spacial score (nSPS) is 22.6. The molecule has 2 N–H and O–H groups in total. The first-order valence-corrected chi connectivity index (χ1v) is 12.6. The van der Waals surface area contributed by atoms with Crippen LogP contribution in [0.2, 0.25) is 0 Å². The molecule has 9 nitrogen and oxygen atoms in total. The van der Waals surface area contributed by atoms with Gasteiger partial charge in [0.1, 0.15) is 11.4 Å². The molecule has 1 aromatic carbocycles. The van der Waals surface area contributed by atoms with Crippen LogP contribution in [-0.2, 0) is 14.8 Å². The van der Waals surface area contributed by atoms with Crippen molar-refractivity contribution in [1.82, 2.24) is 14.6 Å². The summed E-state index contributed by atoms with van der Waals surface area (Å²) in [4.78, 5) is 31.6. The highest BCUT2D eigenvalue weighted by Crippen LogP contribution is 2.35. The van der Waals surface area contributed by atoms with Crippen LogP contribution in [0.15, 0.2) is 37.8 Å². The largest absolute Gasteiger partial charge is 0.417 e. The summed E-state index contributed by atoms with van der Waals surface area (Å²) in [5.74, 6) is 0.424. The van der Waals surface area contributed by atoms with E-state index in [2.05, 4.69) is 10.3 Å². The third kappa shape index (κ3) is 3.81. The highest BCUT2D eigenvalue weighted by molar-refractivity contribution is 7.92. The van der Waals surface area contributed by atoms with Crippen LogP contribution >= 0.6 is 0 Å². The number of oxazole rings is 1. The Labute approximate surface area is 185 Å². The van der Waals surface area contributed by atoms with Crippen LogP contribution in [0.4, 0.5) is 0 Å². The average molecular weight is 459 g/mol. The minimum absolute atomic E-state index is 0.0974. The monoisotopic (exact) mass is 458 g/mol. The molecule has 0 atom stereocenters. The first-order valence-electron chi connectivity index (χ1n) is 11.1. The van der Waals surface area contributed by atoms with Gasteiger partial charge in [0.15, 0.2) is 5.58 Å². The molecule has 5 rings (SSSR count). The number of carbonyl (C=O) groups excluding carboxylic acids is 1. The molecule has 3 heterocycles. The summed E-state index contributed by atoms with van der Waals surface area (Å²) in [6.45, 7) is 0.454. The topological polar surface area (TPSA) is 125 Å². The Hall–Kier alpha value is -2.72. The number of aromatic nitrogens is 1. The number of aliphatic imine (C=N–C) groups is 1. The molecule has 1 saturated carbocycles. The van der Waals surface area contributed by atoms with E-state index >= 15 is 0 Å².